The Hall–Kier alpha value is -0.570. The third kappa shape index (κ3) is 6.95. The normalized spacial score (nSPS) is 13.8. The summed E-state index contributed by atoms with van der Waals surface area (Å²) in [5.41, 5.74) is 7.66. The number of benzene rings is 1. The molecule has 0 aliphatic carbocycles. The topological polar surface area (TPSA) is 29.3 Å². The van der Waals surface area contributed by atoms with E-state index < -0.39 is 0 Å². The standard InChI is InChI=1S/C16H27ClN2/c1-16(2,3)11-14(18)9-10-19(4)12-13-7-5-6-8-15(13)17/h5-8,14H,9-12,18H2,1-4H3. The summed E-state index contributed by atoms with van der Waals surface area (Å²) in [5, 5.41) is 0.841. The van der Waals surface area contributed by atoms with Crippen LogP contribution in [-0.4, -0.2) is 24.5 Å². The third-order valence-corrected chi connectivity index (χ3v) is 3.52. The molecule has 0 aliphatic rings. The molecule has 108 valence electrons. The van der Waals surface area contributed by atoms with Crippen molar-refractivity contribution < 1.29 is 0 Å². The van der Waals surface area contributed by atoms with Crippen LogP contribution in [0.4, 0.5) is 0 Å². The number of hydrogen-bond donors (Lipinski definition) is 1. The van der Waals surface area contributed by atoms with Crippen molar-refractivity contribution in [1.29, 1.82) is 0 Å². The molecule has 0 amide bonds. The Kier molecular flexibility index (Phi) is 6.31. The summed E-state index contributed by atoms with van der Waals surface area (Å²) in [5.74, 6) is 0. The number of rotatable bonds is 6. The van der Waals surface area contributed by atoms with Crippen molar-refractivity contribution in [3.05, 3.63) is 34.9 Å². The van der Waals surface area contributed by atoms with Crippen molar-refractivity contribution >= 4 is 11.6 Å². The van der Waals surface area contributed by atoms with E-state index >= 15 is 0 Å². The van der Waals surface area contributed by atoms with Gasteiger partial charge >= 0.3 is 0 Å². The molecular formula is C16H27ClN2. The summed E-state index contributed by atoms with van der Waals surface area (Å²) < 4.78 is 0. The van der Waals surface area contributed by atoms with E-state index in [1.165, 1.54) is 5.56 Å². The largest absolute Gasteiger partial charge is 0.328 e. The highest BCUT2D eigenvalue weighted by Crippen LogP contribution is 2.21. The minimum absolute atomic E-state index is 0.272. The lowest BCUT2D eigenvalue weighted by Crippen LogP contribution is -2.31. The first-order valence-electron chi connectivity index (χ1n) is 6.95. The molecule has 0 saturated heterocycles. The average Bonchev–Trinajstić information content (AvgIpc) is 2.27. The van der Waals surface area contributed by atoms with Crippen molar-refractivity contribution in [3.8, 4) is 0 Å². The Morgan fingerprint density at radius 2 is 1.89 bits per heavy atom. The van der Waals surface area contributed by atoms with E-state index in [4.69, 9.17) is 17.3 Å². The van der Waals surface area contributed by atoms with Gasteiger partial charge in [0.25, 0.3) is 0 Å². The summed E-state index contributed by atoms with van der Waals surface area (Å²) in [7, 11) is 2.12. The molecule has 0 bridgehead atoms. The fraction of sp³-hybridized carbons (Fsp3) is 0.625. The van der Waals surface area contributed by atoms with Gasteiger partial charge in [0.2, 0.25) is 0 Å². The fourth-order valence-electron chi connectivity index (χ4n) is 2.27. The molecule has 2 N–H and O–H groups in total. The van der Waals surface area contributed by atoms with Crippen LogP contribution < -0.4 is 5.73 Å². The third-order valence-electron chi connectivity index (χ3n) is 3.15. The number of hydrogen-bond acceptors (Lipinski definition) is 2. The molecule has 0 saturated carbocycles. The van der Waals surface area contributed by atoms with Crippen LogP contribution in [0.2, 0.25) is 5.02 Å². The van der Waals surface area contributed by atoms with E-state index in [0.29, 0.717) is 5.41 Å². The quantitative estimate of drug-likeness (QED) is 0.857. The maximum atomic E-state index is 6.18. The van der Waals surface area contributed by atoms with Crippen LogP contribution in [0.25, 0.3) is 0 Å². The first-order valence-corrected chi connectivity index (χ1v) is 7.33. The van der Waals surface area contributed by atoms with Gasteiger partial charge in [-0.25, -0.2) is 0 Å². The lowest BCUT2D eigenvalue weighted by atomic mass is 9.87. The van der Waals surface area contributed by atoms with Crippen LogP contribution >= 0.6 is 11.6 Å². The molecule has 19 heavy (non-hydrogen) atoms. The van der Waals surface area contributed by atoms with Crippen LogP contribution in [0.3, 0.4) is 0 Å². The van der Waals surface area contributed by atoms with Gasteiger partial charge in [-0.1, -0.05) is 50.6 Å². The Labute approximate surface area is 122 Å². The molecule has 1 atom stereocenters. The molecule has 0 spiro atoms. The van der Waals surface area contributed by atoms with Crippen LogP contribution in [-0.2, 0) is 6.54 Å². The predicted octanol–water partition coefficient (Wildman–Crippen LogP) is 3.93. The van der Waals surface area contributed by atoms with E-state index in [0.717, 1.165) is 31.0 Å². The lowest BCUT2D eigenvalue weighted by Gasteiger charge is -2.25. The first-order chi connectivity index (χ1) is 8.78. The van der Waals surface area contributed by atoms with Crippen LogP contribution in [0.15, 0.2) is 24.3 Å². The molecule has 1 aromatic rings. The van der Waals surface area contributed by atoms with Crippen LogP contribution in [0.1, 0.15) is 39.2 Å². The molecule has 0 fully saturated rings. The molecule has 1 aromatic carbocycles. The SMILES string of the molecule is CN(CCC(N)CC(C)(C)C)Cc1ccccc1Cl. The average molecular weight is 283 g/mol. The van der Waals surface area contributed by atoms with Gasteiger partial charge in [0.15, 0.2) is 0 Å². The minimum Gasteiger partial charge on any atom is -0.328 e. The van der Waals surface area contributed by atoms with Crippen molar-refractivity contribution in [2.75, 3.05) is 13.6 Å². The van der Waals surface area contributed by atoms with E-state index in [-0.39, 0.29) is 6.04 Å². The van der Waals surface area contributed by atoms with Crippen LogP contribution in [0.5, 0.6) is 0 Å². The van der Waals surface area contributed by atoms with E-state index in [1.807, 2.05) is 18.2 Å². The van der Waals surface area contributed by atoms with Gasteiger partial charge in [-0.2, -0.15) is 0 Å². The minimum atomic E-state index is 0.272. The molecule has 3 heteroatoms. The number of halogens is 1. The second kappa shape index (κ2) is 7.28. The first kappa shape index (κ1) is 16.5. The highest BCUT2D eigenvalue weighted by Gasteiger charge is 2.16. The maximum Gasteiger partial charge on any atom is 0.0451 e. The van der Waals surface area contributed by atoms with Crippen molar-refractivity contribution in [2.24, 2.45) is 11.1 Å². The molecule has 1 rings (SSSR count). The summed E-state index contributed by atoms with van der Waals surface area (Å²) in [6, 6.07) is 8.28. The molecule has 0 aliphatic heterocycles. The van der Waals surface area contributed by atoms with E-state index in [2.05, 4.69) is 38.8 Å². The lowest BCUT2D eigenvalue weighted by molar-refractivity contribution is 0.278. The van der Waals surface area contributed by atoms with Crippen molar-refractivity contribution in [2.45, 2.75) is 46.2 Å². The molecular weight excluding hydrogens is 256 g/mol. The van der Waals surface area contributed by atoms with E-state index in [1.54, 1.807) is 0 Å². The van der Waals surface area contributed by atoms with Gasteiger partial charge in [0.05, 0.1) is 0 Å². The zero-order valence-corrected chi connectivity index (χ0v) is 13.4. The zero-order chi connectivity index (χ0) is 14.5. The Morgan fingerprint density at radius 3 is 2.47 bits per heavy atom. The maximum absolute atomic E-state index is 6.18. The second-order valence-corrected chi connectivity index (χ2v) is 7.05. The highest BCUT2D eigenvalue weighted by molar-refractivity contribution is 6.31. The molecule has 0 radical (unpaired) electrons. The summed E-state index contributed by atoms with van der Waals surface area (Å²) >= 11 is 6.17. The van der Waals surface area contributed by atoms with Gasteiger partial charge < -0.3 is 10.6 Å². The smallest absolute Gasteiger partial charge is 0.0451 e. The molecule has 1 unspecified atom stereocenters. The second-order valence-electron chi connectivity index (χ2n) is 6.64. The fourth-order valence-corrected chi connectivity index (χ4v) is 2.47. The zero-order valence-electron chi connectivity index (χ0n) is 12.6. The van der Waals surface area contributed by atoms with Gasteiger partial charge in [-0.15, -0.1) is 0 Å². The van der Waals surface area contributed by atoms with Crippen LogP contribution in [0, 0.1) is 5.41 Å². The van der Waals surface area contributed by atoms with Gasteiger partial charge in [0.1, 0.15) is 0 Å². The van der Waals surface area contributed by atoms with E-state index in [9.17, 15) is 0 Å². The molecule has 2 nitrogen and oxygen atoms in total. The van der Waals surface area contributed by atoms with Gasteiger partial charge in [-0.3, -0.25) is 0 Å². The highest BCUT2D eigenvalue weighted by atomic mass is 35.5. The van der Waals surface area contributed by atoms with Crippen molar-refractivity contribution in [1.82, 2.24) is 4.90 Å². The van der Waals surface area contributed by atoms with Crippen molar-refractivity contribution in [3.63, 3.8) is 0 Å². The Balaban J connectivity index is 2.36. The van der Waals surface area contributed by atoms with Gasteiger partial charge in [-0.05, 0) is 43.5 Å². The Morgan fingerprint density at radius 1 is 1.26 bits per heavy atom. The summed E-state index contributed by atoms with van der Waals surface area (Å²) in [6.45, 7) is 8.59. The molecule has 0 aromatic heterocycles. The predicted molar refractivity (Wildman–Crippen MR) is 84.5 cm³/mol. The summed E-state index contributed by atoms with van der Waals surface area (Å²) in [4.78, 5) is 2.28. The van der Waals surface area contributed by atoms with Gasteiger partial charge in [0, 0.05) is 17.6 Å². The molecule has 0 heterocycles. The monoisotopic (exact) mass is 282 g/mol. The Bertz CT molecular complexity index is 385. The number of nitrogens with two attached hydrogens (primary N) is 1. The summed E-state index contributed by atoms with van der Waals surface area (Å²) in [6.07, 6.45) is 2.09. The number of nitrogens with zero attached hydrogens (tertiary/aromatic N) is 1.